The van der Waals surface area contributed by atoms with Crippen LogP contribution in [-0.2, 0) is 0 Å². The Kier molecular flexibility index (Phi) is 2.55. The quantitative estimate of drug-likeness (QED) is 0.533. The lowest BCUT2D eigenvalue weighted by atomic mass is 10.1. The van der Waals surface area contributed by atoms with E-state index in [1.165, 1.54) is 3.57 Å². The van der Waals surface area contributed by atoms with E-state index in [1.807, 2.05) is 36.4 Å². The van der Waals surface area contributed by atoms with Crippen LogP contribution in [-0.4, -0.2) is 0 Å². The van der Waals surface area contributed by atoms with Gasteiger partial charge in [-0.25, -0.2) is 0 Å². The zero-order valence-electron chi connectivity index (χ0n) is 8.98. The number of anilines is 1. The third kappa shape index (κ3) is 2.02. The molecule has 3 rings (SSSR count). The molecule has 2 nitrogen and oxygen atoms in total. The van der Waals surface area contributed by atoms with E-state index in [-0.39, 0.29) is 0 Å². The zero-order valence-corrected chi connectivity index (χ0v) is 11.1. The second-order valence-electron chi connectivity index (χ2n) is 3.91. The SMILES string of the molecule is Nc1ccc(-c2cc3cc([125I])ccc3o2)cc1. The zero-order chi connectivity index (χ0) is 11.8. The van der Waals surface area contributed by atoms with Crippen molar-refractivity contribution >= 4 is 39.2 Å². The van der Waals surface area contributed by atoms with E-state index >= 15 is 0 Å². The molecular weight excluding hydrogens is 323 g/mol. The molecule has 17 heavy (non-hydrogen) atoms. The largest absolute Gasteiger partial charge is 0.456 e. The maximum absolute atomic E-state index is 5.80. The van der Waals surface area contributed by atoms with Crippen molar-refractivity contribution in [3.05, 3.63) is 52.1 Å². The molecule has 2 aromatic carbocycles. The summed E-state index contributed by atoms with van der Waals surface area (Å²) in [5, 5.41) is 1.13. The smallest absolute Gasteiger partial charge is 0.135 e. The van der Waals surface area contributed by atoms with Crippen LogP contribution in [0.2, 0.25) is 0 Å². The topological polar surface area (TPSA) is 39.2 Å². The van der Waals surface area contributed by atoms with Crippen LogP contribution in [0.15, 0.2) is 52.9 Å². The normalized spacial score (nSPS) is 10.9. The van der Waals surface area contributed by atoms with Crippen molar-refractivity contribution in [3.63, 3.8) is 0 Å². The standard InChI is InChI=1S/C14H10INO/c15-11-3-6-13-10(7-11)8-14(17-13)9-1-4-12(16)5-2-9/h1-8H,16H2/i15-2. The van der Waals surface area contributed by atoms with E-state index in [9.17, 15) is 0 Å². The molecule has 84 valence electrons. The van der Waals surface area contributed by atoms with Gasteiger partial charge in [-0.3, -0.25) is 0 Å². The van der Waals surface area contributed by atoms with Crippen LogP contribution in [0.3, 0.4) is 0 Å². The van der Waals surface area contributed by atoms with Gasteiger partial charge < -0.3 is 10.2 Å². The van der Waals surface area contributed by atoms with E-state index in [4.69, 9.17) is 10.2 Å². The van der Waals surface area contributed by atoms with Gasteiger partial charge in [0.05, 0.1) is 0 Å². The molecule has 1 aromatic heterocycles. The number of fused-ring (bicyclic) bond motifs is 1. The van der Waals surface area contributed by atoms with Crippen molar-refractivity contribution in [1.82, 2.24) is 0 Å². The highest BCUT2D eigenvalue weighted by Crippen LogP contribution is 2.29. The van der Waals surface area contributed by atoms with Gasteiger partial charge >= 0.3 is 0 Å². The molecule has 0 amide bonds. The van der Waals surface area contributed by atoms with Crippen molar-refractivity contribution in [1.29, 1.82) is 0 Å². The molecule has 0 unspecified atom stereocenters. The highest BCUT2D eigenvalue weighted by atomic mass is 125. The Morgan fingerprint density at radius 2 is 1.71 bits per heavy atom. The van der Waals surface area contributed by atoms with Gasteiger partial charge in [0.25, 0.3) is 0 Å². The fourth-order valence-electron chi connectivity index (χ4n) is 1.80. The number of hydrogen-bond acceptors (Lipinski definition) is 2. The minimum absolute atomic E-state index is 0.763. The first-order valence-electron chi connectivity index (χ1n) is 5.27. The summed E-state index contributed by atoms with van der Waals surface area (Å²) in [7, 11) is 0. The lowest BCUT2D eigenvalue weighted by Gasteiger charge is -1.96. The Balaban J connectivity index is 2.14. The summed E-state index contributed by atoms with van der Waals surface area (Å²) in [4.78, 5) is 0. The molecule has 3 heteroatoms. The summed E-state index contributed by atoms with van der Waals surface area (Å²) < 4.78 is 7.01. The molecule has 0 aliphatic carbocycles. The van der Waals surface area contributed by atoms with Gasteiger partial charge in [-0.15, -0.1) is 0 Å². The minimum atomic E-state index is 0.763. The molecule has 0 radical (unpaired) electrons. The van der Waals surface area contributed by atoms with E-state index in [0.29, 0.717) is 0 Å². The first-order valence-corrected chi connectivity index (χ1v) is 6.35. The van der Waals surface area contributed by atoms with Crippen molar-refractivity contribution in [3.8, 4) is 11.3 Å². The van der Waals surface area contributed by atoms with Crippen LogP contribution in [0.1, 0.15) is 0 Å². The average Bonchev–Trinajstić information content (AvgIpc) is 2.72. The molecule has 2 N–H and O–H groups in total. The highest BCUT2D eigenvalue weighted by molar-refractivity contribution is 14.1. The third-order valence-corrected chi connectivity index (χ3v) is 3.34. The molecule has 0 fully saturated rings. The number of benzene rings is 2. The predicted octanol–water partition coefficient (Wildman–Crippen LogP) is 4.29. The van der Waals surface area contributed by atoms with Gasteiger partial charge in [-0.05, 0) is 71.1 Å². The number of halogens is 1. The summed E-state index contributed by atoms with van der Waals surface area (Å²) in [5.41, 5.74) is 8.39. The number of rotatable bonds is 1. The molecule has 0 saturated heterocycles. The first-order chi connectivity index (χ1) is 8.22. The minimum Gasteiger partial charge on any atom is -0.456 e. The summed E-state index contributed by atoms with van der Waals surface area (Å²) in [6.07, 6.45) is 0. The van der Waals surface area contributed by atoms with Crippen molar-refractivity contribution in [2.24, 2.45) is 0 Å². The first kappa shape index (κ1) is 10.7. The molecule has 0 aliphatic rings. The van der Waals surface area contributed by atoms with Crippen LogP contribution in [0.25, 0.3) is 22.3 Å². The Hall–Kier alpha value is -1.49. The number of hydrogen-bond donors (Lipinski definition) is 1. The van der Waals surface area contributed by atoms with Crippen molar-refractivity contribution < 1.29 is 4.42 Å². The summed E-state index contributed by atoms with van der Waals surface area (Å²) in [6, 6.07) is 15.9. The molecule has 0 atom stereocenters. The van der Waals surface area contributed by atoms with E-state index in [2.05, 4.69) is 34.7 Å². The second-order valence-corrected chi connectivity index (χ2v) is 5.16. The van der Waals surface area contributed by atoms with Gasteiger partial charge in [0, 0.05) is 20.2 Å². The van der Waals surface area contributed by atoms with Gasteiger partial charge in [0.15, 0.2) is 0 Å². The number of nitrogens with two attached hydrogens (primary N) is 1. The summed E-state index contributed by atoms with van der Waals surface area (Å²) >= 11 is 2.30. The Bertz CT molecular complexity index is 670. The predicted molar refractivity (Wildman–Crippen MR) is 78.8 cm³/mol. The van der Waals surface area contributed by atoms with E-state index < -0.39 is 0 Å². The fraction of sp³-hybridized carbons (Fsp3) is 0. The number of nitrogen functional groups attached to an aromatic ring is 1. The van der Waals surface area contributed by atoms with Gasteiger partial charge in [0.2, 0.25) is 0 Å². The van der Waals surface area contributed by atoms with Crippen LogP contribution in [0.5, 0.6) is 0 Å². The second kappa shape index (κ2) is 4.07. The molecule has 0 saturated carbocycles. The van der Waals surface area contributed by atoms with Crippen LogP contribution in [0.4, 0.5) is 5.69 Å². The van der Waals surface area contributed by atoms with E-state index in [0.717, 1.165) is 28.0 Å². The molecule has 0 spiro atoms. The van der Waals surface area contributed by atoms with Gasteiger partial charge in [0.1, 0.15) is 11.3 Å². The fourth-order valence-corrected chi connectivity index (χ4v) is 2.32. The van der Waals surface area contributed by atoms with Crippen LogP contribution < -0.4 is 5.73 Å². The van der Waals surface area contributed by atoms with Crippen LogP contribution >= 0.6 is 22.6 Å². The molecular formula is C14H10INO. The molecule has 0 bridgehead atoms. The Morgan fingerprint density at radius 1 is 0.941 bits per heavy atom. The maximum Gasteiger partial charge on any atom is 0.135 e. The lowest BCUT2D eigenvalue weighted by Crippen LogP contribution is -1.82. The lowest BCUT2D eigenvalue weighted by molar-refractivity contribution is 0.631. The third-order valence-electron chi connectivity index (χ3n) is 2.67. The Morgan fingerprint density at radius 3 is 2.47 bits per heavy atom. The highest BCUT2D eigenvalue weighted by Gasteiger charge is 2.06. The molecule has 3 aromatic rings. The van der Waals surface area contributed by atoms with Crippen LogP contribution in [0, 0.1) is 3.57 Å². The van der Waals surface area contributed by atoms with Crippen molar-refractivity contribution in [2.45, 2.75) is 0 Å². The Labute approximate surface area is 113 Å². The van der Waals surface area contributed by atoms with E-state index in [1.54, 1.807) is 0 Å². The maximum atomic E-state index is 5.80. The summed E-state index contributed by atoms with van der Waals surface area (Å²) in [5.74, 6) is 0.877. The molecule has 1 heterocycles. The monoisotopic (exact) mass is 333 g/mol. The van der Waals surface area contributed by atoms with Gasteiger partial charge in [-0.1, -0.05) is 0 Å². The van der Waals surface area contributed by atoms with Gasteiger partial charge in [-0.2, -0.15) is 0 Å². The summed E-state index contributed by atoms with van der Waals surface area (Å²) in [6.45, 7) is 0. The molecule has 0 aliphatic heterocycles. The average molecular weight is 333 g/mol. The number of furan rings is 1. The van der Waals surface area contributed by atoms with Crippen molar-refractivity contribution in [2.75, 3.05) is 5.73 Å².